The topological polar surface area (TPSA) is 49.9 Å². The van der Waals surface area contributed by atoms with Gasteiger partial charge in [0.2, 0.25) is 0 Å². The van der Waals surface area contributed by atoms with E-state index in [9.17, 15) is 9.59 Å². The molecular weight excluding hydrogens is 280 g/mol. The van der Waals surface area contributed by atoms with Gasteiger partial charge in [-0.05, 0) is 12.8 Å². The van der Waals surface area contributed by atoms with Crippen LogP contribution in [0.4, 0.5) is 0 Å². The lowest BCUT2D eigenvalue weighted by molar-refractivity contribution is -0.178. The van der Waals surface area contributed by atoms with Crippen molar-refractivity contribution in [2.45, 2.75) is 43.9 Å². The molecule has 0 aromatic rings. The zero-order valence-corrected chi connectivity index (χ0v) is 13.4. The van der Waals surface area contributed by atoms with Crippen LogP contribution in [0.3, 0.4) is 0 Å². The molecule has 0 saturated carbocycles. The van der Waals surface area contributed by atoms with Gasteiger partial charge < -0.3 is 9.64 Å². The van der Waals surface area contributed by atoms with Crippen molar-refractivity contribution in [1.29, 1.82) is 0 Å². The Balaban J connectivity index is 2.12. The van der Waals surface area contributed by atoms with Crippen LogP contribution >= 0.6 is 0 Å². The molecule has 0 aromatic heterocycles. The number of amides is 1. The van der Waals surface area contributed by atoms with Crippen molar-refractivity contribution in [1.82, 2.24) is 9.80 Å². The second-order valence-electron chi connectivity index (χ2n) is 5.95. The number of nitrogens with zero attached hydrogens (tertiary/aromatic N) is 2. The van der Waals surface area contributed by atoms with Crippen LogP contribution in [0.2, 0.25) is 0 Å². The van der Waals surface area contributed by atoms with Crippen molar-refractivity contribution in [2.24, 2.45) is 0 Å². The van der Waals surface area contributed by atoms with Gasteiger partial charge in [-0.15, -0.1) is 13.2 Å². The number of carbonyl (C=O) groups is 2. The zero-order chi connectivity index (χ0) is 16.1. The number of piperidine rings is 1. The number of β-lactam (4-membered cyclic amide) rings is 1. The molecule has 1 amide bonds. The number of hydrogen-bond acceptors (Lipinski definition) is 4. The van der Waals surface area contributed by atoms with E-state index in [0.717, 1.165) is 25.9 Å². The number of ether oxygens (including phenoxy) is 1. The fourth-order valence-corrected chi connectivity index (χ4v) is 3.48. The van der Waals surface area contributed by atoms with Crippen LogP contribution in [0.5, 0.6) is 0 Å². The maximum absolute atomic E-state index is 12.2. The SMILES string of the molecule is C=CCCCN1C(=O)[C@H](OC)[C@@H]1[C@H]1CC(=O)CCN1CC=C. The lowest BCUT2D eigenvalue weighted by atomic mass is 9.84. The normalized spacial score (nSPS) is 29.3. The highest BCUT2D eigenvalue weighted by atomic mass is 16.5. The number of methoxy groups -OCH3 is 1. The molecule has 0 unspecified atom stereocenters. The summed E-state index contributed by atoms with van der Waals surface area (Å²) in [6.45, 7) is 9.68. The van der Waals surface area contributed by atoms with Crippen LogP contribution < -0.4 is 0 Å². The van der Waals surface area contributed by atoms with Crippen LogP contribution in [0, 0.1) is 0 Å². The monoisotopic (exact) mass is 306 g/mol. The molecule has 2 rings (SSSR count). The second kappa shape index (κ2) is 7.70. The Bertz CT molecular complexity index is 449. The highest BCUT2D eigenvalue weighted by Crippen LogP contribution is 2.32. The Morgan fingerprint density at radius 3 is 2.73 bits per heavy atom. The molecule has 2 heterocycles. The largest absolute Gasteiger partial charge is 0.369 e. The van der Waals surface area contributed by atoms with E-state index in [1.807, 2.05) is 17.1 Å². The third kappa shape index (κ3) is 3.31. The number of likely N-dealkylation sites (tertiary alicyclic amines) is 2. The summed E-state index contributed by atoms with van der Waals surface area (Å²) in [5, 5.41) is 0. The average molecular weight is 306 g/mol. The number of hydrogen-bond donors (Lipinski definition) is 0. The Labute approximate surface area is 132 Å². The van der Waals surface area contributed by atoms with Crippen molar-refractivity contribution < 1.29 is 14.3 Å². The maximum atomic E-state index is 12.2. The molecule has 2 saturated heterocycles. The minimum absolute atomic E-state index is 0.0330. The highest BCUT2D eigenvalue weighted by molar-refractivity contribution is 5.89. The van der Waals surface area contributed by atoms with Crippen molar-refractivity contribution in [3.63, 3.8) is 0 Å². The summed E-state index contributed by atoms with van der Waals surface area (Å²) in [6, 6.07) is -0.00264. The molecular formula is C17H26N2O3. The van der Waals surface area contributed by atoms with E-state index < -0.39 is 6.10 Å². The minimum atomic E-state index is -0.424. The predicted molar refractivity (Wildman–Crippen MR) is 85.5 cm³/mol. The third-order valence-electron chi connectivity index (χ3n) is 4.60. The lowest BCUT2D eigenvalue weighted by Gasteiger charge is -2.53. The van der Waals surface area contributed by atoms with Gasteiger partial charge >= 0.3 is 0 Å². The first-order chi connectivity index (χ1) is 10.6. The van der Waals surface area contributed by atoms with Crippen molar-refractivity contribution in [3.05, 3.63) is 25.3 Å². The van der Waals surface area contributed by atoms with Gasteiger partial charge in [-0.3, -0.25) is 14.5 Å². The molecule has 0 N–H and O–H groups in total. The first-order valence-electron chi connectivity index (χ1n) is 7.94. The zero-order valence-electron chi connectivity index (χ0n) is 13.4. The number of carbonyl (C=O) groups excluding carboxylic acids is 2. The van der Waals surface area contributed by atoms with E-state index in [4.69, 9.17) is 4.74 Å². The summed E-state index contributed by atoms with van der Waals surface area (Å²) in [5.74, 6) is 0.304. The molecule has 22 heavy (non-hydrogen) atoms. The van der Waals surface area contributed by atoms with Crippen LogP contribution in [0.25, 0.3) is 0 Å². The first-order valence-corrected chi connectivity index (χ1v) is 7.94. The van der Waals surface area contributed by atoms with Gasteiger partial charge in [-0.2, -0.15) is 0 Å². The first kappa shape index (κ1) is 16.9. The van der Waals surface area contributed by atoms with Crippen LogP contribution in [0.1, 0.15) is 25.7 Å². The predicted octanol–water partition coefficient (Wildman–Crippen LogP) is 1.40. The molecule has 0 radical (unpaired) electrons. The van der Waals surface area contributed by atoms with Crippen molar-refractivity contribution in [2.75, 3.05) is 26.7 Å². The fraction of sp³-hybridized carbons (Fsp3) is 0.647. The summed E-state index contributed by atoms with van der Waals surface area (Å²) in [7, 11) is 1.57. The van der Waals surface area contributed by atoms with Gasteiger partial charge in [0.1, 0.15) is 5.78 Å². The number of allylic oxidation sites excluding steroid dienone is 1. The maximum Gasteiger partial charge on any atom is 0.254 e. The molecule has 5 heteroatoms. The molecule has 2 aliphatic rings. The van der Waals surface area contributed by atoms with Crippen LogP contribution in [-0.4, -0.2) is 66.4 Å². The summed E-state index contributed by atoms with van der Waals surface area (Å²) < 4.78 is 5.39. The molecule has 2 fully saturated rings. The minimum Gasteiger partial charge on any atom is -0.369 e. The molecule has 0 aliphatic carbocycles. The van der Waals surface area contributed by atoms with Crippen molar-refractivity contribution in [3.8, 4) is 0 Å². The number of Topliss-reactive ketones (excluding diaryl/α,β-unsaturated/α-hetero) is 1. The molecule has 0 spiro atoms. The van der Waals surface area contributed by atoms with Crippen molar-refractivity contribution >= 4 is 11.7 Å². The van der Waals surface area contributed by atoms with E-state index in [0.29, 0.717) is 19.4 Å². The Hall–Kier alpha value is -1.46. The molecule has 3 atom stereocenters. The summed E-state index contributed by atoms with van der Waals surface area (Å²) in [5.41, 5.74) is 0. The Morgan fingerprint density at radius 1 is 1.32 bits per heavy atom. The van der Waals surface area contributed by atoms with E-state index in [2.05, 4.69) is 18.1 Å². The molecule has 0 bridgehead atoms. The lowest BCUT2D eigenvalue weighted by Crippen LogP contribution is -2.73. The summed E-state index contributed by atoms with van der Waals surface area (Å²) in [6.07, 6.45) is 6.14. The molecule has 122 valence electrons. The Kier molecular flexibility index (Phi) is 5.91. The quantitative estimate of drug-likeness (QED) is 0.386. The van der Waals surface area contributed by atoms with Gasteiger partial charge in [0.05, 0.1) is 6.04 Å². The third-order valence-corrected chi connectivity index (χ3v) is 4.60. The number of rotatable bonds is 8. The van der Waals surface area contributed by atoms with Gasteiger partial charge in [0, 0.05) is 45.6 Å². The summed E-state index contributed by atoms with van der Waals surface area (Å²) >= 11 is 0. The van der Waals surface area contributed by atoms with E-state index in [1.165, 1.54) is 0 Å². The molecule has 2 aliphatic heterocycles. The number of unbranched alkanes of at least 4 members (excludes halogenated alkanes) is 1. The standard InChI is InChI=1S/C17H26N2O3/c1-4-6-7-10-19-15(16(22-3)17(19)21)14-12-13(20)8-11-18(14)9-5-2/h4-5,14-16H,1-2,6-12H2,3H3/t14-,15+,16-/m1/s1. The molecule has 5 nitrogen and oxygen atoms in total. The fourth-order valence-electron chi connectivity index (χ4n) is 3.48. The molecule has 0 aromatic carbocycles. The average Bonchev–Trinajstić information content (AvgIpc) is 2.51. The Morgan fingerprint density at radius 2 is 2.09 bits per heavy atom. The van der Waals surface area contributed by atoms with Crippen LogP contribution in [-0.2, 0) is 14.3 Å². The second-order valence-corrected chi connectivity index (χ2v) is 5.95. The van der Waals surface area contributed by atoms with E-state index in [-0.39, 0.29) is 23.8 Å². The number of ketones is 1. The van der Waals surface area contributed by atoms with E-state index >= 15 is 0 Å². The smallest absolute Gasteiger partial charge is 0.254 e. The van der Waals surface area contributed by atoms with Gasteiger partial charge in [0.15, 0.2) is 6.10 Å². The summed E-state index contributed by atoms with van der Waals surface area (Å²) in [4.78, 5) is 28.3. The van der Waals surface area contributed by atoms with Crippen LogP contribution in [0.15, 0.2) is 25.3 Å². The highest BCUT2D eigenvalue weighted by Gasteiger charge is 2.53. The van der Waals surface area contributed by atoms with Gasteiger partial charge in [0.25, 0.3) is 5.91 Å². The van der Waals surface area contributed by atoms with E-state index in [1.54, 1.807) is 7.11 Å². The van der Waals surface area contributed by atoms with Gasteiger partial charge in [-0.1, -0.05) is 12.2 Å². The van der Waals surface area contributed by atoms with Gasteiger partial charge in [-0.25, -0.2) is 0 Å².